The van der Waals surface area contributed by atoms with Crippen LogP contribution in [0.25, 0.3) is 0 Å². The predicted molar refractivity (Wildman–Crippen MR) is 93.0 cm³/mol. The molecule has 0 saturated heterocycles. The molecular formula is C16H24Cl2N2O2. The van der Waals surface area contributed by atoms with E-state index in [0.29, 0.717) is 29.0 Å². The summed E-state index contributed by atoms with van der Waals surface area (Å²) < 4.78 is 5.61. The fraction of sp³-hybridized carbons (Fsp3) is 0.562. The summed E-state index contributed by atoms with van der Waals surface area (Å²) in [6.07, 6.45) is 2.53. The van der Waals surface area contributed by atoms with Crippen molar-refractivity contribution >= 4 is 35.6 Å². The number of carbonyl (C=O) groups is 1. The van der Waals surface area contributed by atoms with Crippen LogP contribution in [-0.4, -0.2) is 18.6 Å². The van der Waals surface area contributed by atoms with Gasteiger partial charge in [0.25, 0.3) is 0 Å². The Morgan fingerprint density at radius 3 is 2.73 bits per heavy atom. The first-order chi connectivity index (χ1) is 9.95. The molecule has 22 heavy (non-hydrogen) atoms. The highest BCUT2D eigenvalue weighted by Gasteiger charge is 2.27. The van der Waals surface area contributed by atoms with Crippen molar-refractivity contribution in [2.24, 2.45) is 17.6 Å². The second-order valence-electron chi connectivity index (χ2n) is 6.11. The number of hydrogen-bond donors (Lipinski definition) is 2. The van der Waals surface area contributed by atoms with E-state index in [1.807, 2.05) is 6.07 Å². The smallest absolute Gasteiger partial charge is 0.227 e. The zero-order valence-corrected chi connectivity index (χ0v) is 14.5. The van der Waals surface area contributed by atoms with E-state index in [0.717, 1.165) is 19.3 Å². The van der Waals surface area contributed by atoms with E-state index in [1.54, 1.807) is 12.1 Å². The second-order valence-corrected chi connectivity index (χ2v) is 6.52. The first-order valence-electron chi connectivity index (χ1n) is 7.44. The van der Waals surface area contributed by atoms with Crippen LogP contribution >= 0.6 is 24.0 Å². The molecule has 124 valence electrons. The van der Waals surface area contributed by atoms with Crippen molar-refractivity contribution < 1.29 is 9.53 Å². The van der Waals surface area contributed by atoms with E-state index >= 15 is 0 Å². The Morgan fingerprint density at radius 1 is 1.45 bits per heavy atom. The lowest BCUT2D eigenvalue weighted by Crippen LogP contribution is -2.23. The number of amides is 1. The number of carbonyl (C=O) groups excluding carboxylic acids is 1. The quantitative estimate of drug-likeness (QED) is 0.850. The van der Waals surface area contributed by atoms with Crippen molar-refractivity contribution in [1.29, 1.82) is 0 Å². The molecule has 1 aromatic carbocycles. The van der Waals surface area contributed by atoms with Crippen LogP contribution in [0.15, 0.2) is 18.2 Å². The summed E-state index contributed by atoms with van der Waals surface area (Å²) >= 11 is 6.18. The van der Waals surface area contributed by atoms with E-state index in [2.05, 4.69) is 19.2 Å². The topological polar surface area (TPSA) is 64.3 Å². The third kappa shape index (κ3) is 5.34. The average molecular weight is 347 g/mol. The van der Waals surface area contributed by atoms with Crippen molar-refractivity contribution in [3.63, 3.8) is 0 Å². The number of benzene rings is 1. The number of nitrogens with two attached hydrogens (primary N) is 1. The Bertz CT molecular complexity index is 509. The van der Waals surface area contributed by atoms with Gasteiger partial charge in [-0.25, -0.2) is 0 Å². The zero-order valence-electron chi connectivity index (χ0n) is 13.0. The summed E-state index contributed by atoms with van der Waals surface area (Å²) in [6, 6.07) is 5.48. The molecule has 0 spiro atoms. The van der Waals surface area contributed by atoms with Gasteiger partial charge in [0.1, 0.15) is 5.75 Å². The van der Waals surface area contributed by atoms with Gasteiger partial charge in [0, 0.05) is 17.6 Å². The van der Waals surface area contributed by atoms with Gasteiger partial charge in [-0.05, 0) is 43.4 Å². The van der Waals surface area contributed by atoms with Gasteiger partial charge in [0.15, 0.2) is 0 Å². The van der Waals surface area contributed by atoms with E-state index in [1.165, 1.54) is 0 Å². The molecule has 2 rings (SSSR count). The van der Waals surface area contributed by atoms with Gasteiger partial charge in [-0.2, -0.15) is 0 Å². The normalized spacial score (nSPS) is 20.6. The van der Waals surface area contributed by atoms with Crippen LogP contribution in [-0.2, 0) is 4.79 Å². The molecule has 4 nitrogen and oxygen atoms in total. The molecule has 1 saturated carbocycles. The molecule has 1 fully saturated rings. The van der Waals surface area contributed by atoms with Crippen LogP contribution in [0.4, 0.5) is 5.69 Å². The van der Waals surface area contributed by atoms with Gasteiger partial charge >= 0.3 is 0 Å². The maximum atomic E-state index is 12.1. The number of rotatable bonds is 5. The minimum absolute atomic E-state index is 0. The highest BCUT2D eigenvalue weighted by Crippen LogP contribution is 2.30. The maximum absolute atomic E-state index is 12.1. The summed E-state index contributed by atoms with van der Waals surface area (Å²) in [6.45, 7) is 4.77. The molecule has 0 heterocycles. The zero-order chi connectivity index (χ0) is 15.4. The van der Waals surface area contributed by atoms with Crippen LogP contribution < -0.4 is 15.8 Å². The fourth-order valence-electron chi connectivity index (χ4n) is 2.45. The Kier molecular flexibility index (Phi) is 7.46. The molecule has 1 amide bonds. The molecule has 1 aromatic rings. The van der Waals surface area contributed by atoms with Crippen LogP contribution in [0, 0.1) is 11.8 Å². The summed E-state index contributed by atoms with van der Waals surface area (Å²) in [5, 5.41) is 3.41. The maximum Gasteiger partial charge on any atom is 0.227 e. The third-order valence-electron chi connectivity index (χ3n) is 3.62. The van der Waals surface area contributed by atoms with E-state index in [4.69, 9.17) is 22.1 Å². The molecule has 0 radical (unpaired) electrons. The van der Waals surface area contributed by atoms with Gasteiger partial charge in [0.2, 0.25) is 5.91 Å². The lowest BCUT2D eigenvalue weighted by molar-refractivity contribution is -0.119. The molecule has 2 atom stereocenters. The van der Waals surface area contributed by atoms with Crippen molar-refractivity contribution in [3.8, 4) is 5.75 Å². The summed E-state index contributed by atoms with van der Waals surface area (Å²) in [5.74, 6) is 1.11. The molecule has 1 aliphatic rings. The molecule has 0 aromatic heterocycles. The summed E-state index contributed by atoms with van der Waals surface area (Å²) in [7, 11) is 0. The van der Waals surface area contributed by atoms with Gasteiger partial charge < -0.3 is 15.8 Å². The highest BCUT2D eigenvalue weighted by molar-refractivity contribution is 6.32. The monoisotopic (exact) mass is 346 g/mol. The summed E-state index contributed by atoms with van der Waals surface area (Å²) in [5.41, 5.74) is 6.54. The van der Waals surface area contributed by atoms with Gasteiger partial charge in [0.05, 0.1) is 11.6 Å². The van der Waals surface area contributed by atoms with Crippen LogP contribution in [0.1, 0.15) is 33.1 Å². The molecular weight excluding hydrogens is 323 g/mol. The molecule has 3 N–H and O–H groups in total. The van der Waals surface area contributed by atoms with E-state index in [-0.39, 0.29) is 30.3 Å². The van der Waals surface area contributed by atoms with Gasteiger partial charge in [-0.15, -0.1) is 12.4 Å². The van der Waals surface area contributed by atoms with Crippen molar-refractivity contribution in [3.05, 3.63) is 23.2 Å². The number of anilines is 1. The Balaban J connectivity index is 0.00000242. The molecule has 1 aliphatic carbocycles. The minimum atomic E-state index is 0. The Morgan fingerprint density at radius 2 is 2.18 bits per heavy atom. The second kappa shape index (κ2) is 8.61. The lowest BCUT2D eigenvalue weighted by atomic mass is 10.1. The number of nitrogens with one attached hydrogen (secondary N) is 1. The largest absolute Gasteiger partial charge is 0.492 e. The molecule has 0 aliphatic heterocycles. The lowest BCUT2D eigenvalue weighted by Gasteiger charge is -2.13. The van der Waals surface area contributed by atoms with Crippen LogP contribution in [0.2, 0.25) is 5.02 Å². The number of ether oxygens (including phenoxy) is 1. The van der Waals surface area contributed by atoms with Crippen molar-refractivity contribution in [1.82, 2.24) is 0 Å². The van der Waals surface area contributed by atoms with Gasteiger partial charge in [-0.1, -0.05) is 25.4 Å². The number of hydrogen-bond acceptors (Lipinski definition) is 3. The summed E-state index contributed by atoms with van der Waals surface area (Å²) in [4.78, 5) is 12.1. The molecule has 0 bridgehead atoms. The Hall–Kier alpha value is -0.970. The molecule has 2 unspecified atom stereocenters. The first-order valence-corrected chi connectivity index (χ1v) is 7.82. The van der Waals surface area contributed by atoms with Crippen molar-refractivity contribution in [2.75, 3.05) is 11.9 Å². The Labute approximate surface area is 143 Å². The first kappa shape index (κ1) is 19.1. The average Bonchev–Trinajstić information content (AvgIpc) is 2.84. The number of halogens is 2. The minimum Gasteiger partial charge on any atom is -0.492 e. The third-order valence-corrected chi connectivity index (χ3v) is 3.91. The van der Waals surface area contributed by atoms with Gasteiger partial charge in [-0.3, -0.25) is 4.79 Å². The van der Waals surface area contributed by atoms with E-state index in [9.17, 15) is 4.79 Å². The van der Waals surface area contributed by atoms with Crippen LogP contribution in [0.3, 0.4) is 0 Å². The molecule has 6 heteroatoms. The SMILES string of the molecule is CC(C)COc1ccc(NC(=O)C2CCC(N)C2)cc1Cl.Cl. The predicted octanol–water partition coefficient (Wildman–Crippen LogP) is 3.86. The highest BCUT2D eigenvalue weighted by atomic mass is 35.5. The van der Waals surface area contributed by atoms with Crippen LogP contribution in [0.5, 0.6) is 5.75 Å². The standard InChI is InChI=1S/C16H23ClN2O2.ClH/c1-10(2)9-21-15-6-5-13(8-14(15)17)19-16(20)11-3-4-12(18)7-11;/h5-6,8,10-12H,3-4,7,9,18H2,1-2H3,(H,19,20);1H. The fourth-order valence-corrected chi connectivity index (χ4v) is 2.69. The van der Waals surface area contributed by atoms with E-state index < -0.39 is 0 Å². The van der Waals surface area contributed by atoms with Crippen molar-refractivity contribution in [2.45, 2.75) is 39.2 Å².